The fourth-order valence-electron chi connectivity index (χ4n) is 2.84. The lowest BCUT2D eigenvalue weighted by Gasteiger charge is -2.27. The fourth-order valence-corrected chi connectivity index (χ4v) is 2.84. The number of hydrogen-bond acceptors (Lipinski definition) is 3. The van der Waals surface area contributed by atoms with Gasteiger partial charge in [0, 0.05) is 20.1 Å². The summed E-state index contributed by atoms with van der Waals surface area (Å²) in [5.74, 6) is -0.00494. The Hall–Kier alpha value is -0.810. The van der Waals surface area contributed by atoms with Gasteiger partial charge in [0.05, 0.1) is 5.41 Å². The summed E-state index contributed by atoms with van der Waals surface area (Å²) in [7, 11) is 1.77. The molecule has 18 heavy (non-hydrogen) atoms. The zero-order valence-corrected chi connectivity index (χ0v) is 11.6. The first-order valence-corrected chi connectivity index (χ1v) is 6.35. The number of likely N-dealkylation sites (tertiary alicyclic amines) is 1. The minimum Gasteiger partial charge on any atom is -0.344 e. The number of rotatable bonds is 3. The molecule has 0 spiro atoms. The Morgan fingerprint density at radius 1 is 1.50 bits per heavy atom. The van der Waals surface area contributed by atoms with Gasteiger partial charge in [0.25, 0.3) is 0 Å². The second-order valence-electron chi connectivity index (χ2n) is 5.27. The summed E-state index contributed by atoms with van der Waals surface area (Å²) in [5.41, 5.74) is 5.33. The van der Waals surface area contributed by atoms with Crippen molar-refractivity contribution < 1.29 is 9.59 Å². The van der Waals surface area contributed by atoms with Gasteiger partial charge in [0.15, 0.2) is 0 Å². The van der Waals surface area contributed by atoms with Gasteiger partial charge in [0.1, 0.15) is 6.04 Å². The van der Waals surface area contributed by atoms with E-state index in [-0.39, 0.29) is 30.3 Å². The van der Waals surface area contributed by atoms with Crippen molar-refractivity contribution >= 4 is 24.2 Å². The van der Waals surface area contributed by atoms with E-state index in [0.29, 0.717) is 13.0 Å². The summed E-state index contributed by atoms with van der Waals surface area (Å²) in [4.78, 5) is 25.6. The molecular formula is C12H22ClN3O2. The fraction of sp³-hybridized carbons (Fsp3) is 0.833. The van der Waals surface area contributed by atoms with Gasteiger partial charge >= 0.3 is 0 Å². The van der Waals surface area contributed by atoms with E-state index in [1.165, 1.54) is 0 Å². The molecule has 0 bridgehead atoms. The number of nitrogens with one attached hydrogen (secondary N) is 1. The van der Waals surface area contributed by atoms with E-state index in [1.807, 2.05) is 0 Å². The summed E-state index contributed by atoms with van der Waals surface area (Å²) in [5, 5.41) is 2.88. The van der Waals surface area contributed by atoms with Crippen molar-refractivity contribution in [2.45, 2.75) is 38.1 Å². The maximum Gasteiger partial charge on any atom is 0.244 e. The quantitative estimate of drug-likeness (QED) is 0.777. The molecule has 2 aliphatic rings. The molecule has 1 saturated heterocycles. The van der Waals surface area contributed by atoms with Gasteiger partial charge in [0.2, 0.25) is 11.8 Å². The number of carbonyl (C=O) groups is 2. The van der Waals surface area contributed by atoms with Crippen molar-refractivity contribution in [1.29, 1.82) is 0 Å². The number of amides is 2. The van der Waals surface area contributed by atoms with E-state index in [9.17, 15) is 9.59 Å². The number of halogens is 1. The van der Waals surface area contributed by atoms with Gasteiger partial charge in [-0.2, -0.15) is 0 Å². The SMILES string of the molecule is CN1CCC(NC(=O)C2(CN)CCCC2)C1=O.Cl. The van der Waals surface area contributed by atoms with Crippen molar-refractivity contribution in [1.82, 2.24) is 10.2 Å². The molecule has 0 radical (unpaired) electrons. The molecule has 1 unspecified atom stereocenters. The monoisotopic (exact) mass is 275 g/mol. The highest BCUT2D eigenvalue weighted by Gasteiger charge is 2.42. The van der Waals surface area contributed by atoms with Crippen LogP contribution in [0.2, 0.25) is 0 Å². The standard InChI is InChI=1S/C12H21N3O2.ClH/c1-15-7-4-9(10(15)16)14-11(17)12(8-13)5-2-3-6-12;/h9H,2-8,13H2,1H3,(H,14,17);1H. The average molecular weight is 276 g/mol. The third-order valence-electron chi connectivity index (χ3n) is 4.17. The van der Waals surface area contributed by atoms with Gasteiger partial charge in [-0.1, -0.05) is 12.8 Å². The van der Waals surface area contributed by atoms with Crippen molar-refractivity contribution in [3.63, 3.8) is 0 Å². The highest BCUT2D eigenvalue weighted by Crippen LogP contribution is 2.37. The van der Waals surface area contributed by atoms with Crippen molar-refractivity contribution in [2.24, 2.45) is 11.1 Å². The molecule has 1 heterocycles. The Kier molecular flexibility index (Phi) is 4.99. The molecule has 1 aliphatic heterocycles. The van der Waals surface area contributed by atoms with Crippen molar-refractivity contribution in [3.05, 3.63) is 0 Å². The van der Waals surface area contributed by atoms with Crippen LogP contribution in [0.25, 0.3) is 0 Å². The van der Waals surface area contributed by atoms with Crippen LogP contribution in [0.4, 0.5) is 0 Å². The number of hydrogen-bond donors (Lipinski definition) is 2. The van der Waals surface area contributed by atoms with Crippen LogP contribution in [0.15, 0.2) is 0 Å². The lowest BCUT2D eigenvalue weighted by molar-refractivity contribution is -0.136. The van der Waals surface area contributed by atoms with Crippen LogP contribution in [-0.4, -0.2) is 42.9 Å². The summed E-state index contributed by atoms with van der Waals surface area (Å²) in [6.07, 6.45) is 4.53. The van der Waals surface area contributed by atoms with Crippen LogP contribution in [-0.2, 0) is 9.59 Å². The molecule has 2 amide bonds. The van der Waals surface area contributed by atoms with E-state index in [4.69, 9.17) is 5.73 Å². The van der Waals surface area contributed by atoms with Crippen molar-refractivity contribution in [3.8, 4) is 0 Å². The molecule has 1 aliphatic carbocycles. The second kappa shape index (κ2) is 5.89. The predicted molar refractivity (Wildman–Crippen MR) is 71.4 cm³/mol. The van der Waals surface area contributed by atoms with Crippen LogP contribution in [0.3, 0.4) is 0 Å². The van der Waals surface area contributed by atoms with E-state index in [0.717, 1.165) is 32.2 Å². The van der Waals surface area contributed by atoms with Crippen LogP contribution in [0, 0.1) is 5.41 Å². The summed E-state index contributed by atoms with van der Waals surface area (Å²) in [6.45, 7) is 1.11. The molecule has 1 atom stereocenters. The summed E-state index contributed by atoms with van der Waals surface area (Å²) < 4.78 is 0. The van der Waals surface area contributed by atoms with Crippen LogP contribution < -0.4 is 11.1 Å². The Labute approximate surface area is 114 Å². The molecule has 2 fully saturated rings. The maximum absolute atomic E-state index is 12.2. The second-order valence-corrected chi connectivity index (χ2v) is 5.27. The lowest BCUT2D eigenvalue weighted by Crippen LogP contribution is -2.50. The first kappa shape index (κ1) is 15.2. The molecule has 0 aromatic heterocycles. The molecule has 0 aromatic rings. The van der Waals surface area contributed by atoms with Crippen LogP contribution in [0.1, 0.15) is 32.1 Å². The first-order chi connectivity index (χ1) is 8.09. The Morgan fingerprint density at radius 2 is 2.11 bits per heavy atom. The average Bonchev–Trinajstić information content (AvgIpc) is 2.92. The Balaban J connectivity index is 0.00000162. The molecule has 104 valence electrons. The number of nitrogens with two attached hydrogens (primary N) is 1. The van der Waals surface area contributed by atoms with Gasteiger partial charge in [-0.15, -0.1) is 12.4 Å². The highest BCUT2D eigenvalue weighted by molar-refractivity contribution is 5.91. The smallest absolute Gasteiger partial charge is 0.244 e. The summed E-state index contributed by atoms with van der Waals surface area (Å²) in [6, 6.07) is -0.337. The molecule has 2 rings (SSSR count). The van der Waals surface area contributed by atoms with Crippen molar-refractivity contribution in [2.75, 3.05) is 20.1 Å². The van der Waals surface area contributed by atoms with Gasteiger partial charge < -0.3 is 16.0 Å². The Morgan fingerprint density at radius 3 is 2.56 bits per heavy atom. The molecule has 6 heteroatoms. The van der Waals surface area contributed by atoms with Gasteiger partial charge in [-0.05, 0) is 19.3 Å². The van der Waals surface area contributed by atoms with Gasteiger partial charge in [-0.25, -0.2) is 0 Å². The van der Waals surface area contributed by atoms with E-state index in [2.05, 4.69) is 5.32 Å². The topological polar surface area (TPSA) is 75.4 Å². The zero-order chi connectivity index (χ0) is 12.5. The summed E-state index contributed by atoms with van der Waals surface area (Å²) >= 11 is 0. The largest absolute Gasteiger partial charge is 0.344 e. The third kappa shape index (κ3) is 2.62. The zero-order valence-electron chi connectivity index (χ0n) is 10.8. The third-order valence-corrected chi connectivity index (χ3v) is 4.17. The van der Waals surface area contributed by atoms with E-state index >= 15 is 0 Å². The minimum absolute atomic E-state index is 0. The minimum atomic E-state index is -0.415. The predicted octanol–water partition coefficient (Wildman–Crippen LogP) is 0.274. The number of nitrogens with zero attached hydrogens (tertiary/aromatic N) is 1. The number of likely N-dealkylation sites (N-methyl/N-ethyl adjacent to an activating group) is 1. The normalized spacial score (nSPS) is 26.0. The van der Waals surface area contributed by atoms with Gasteiger partial charge in [-0.3, -0.25) is 9.59 Å². The molecule has 1 saturated carbocycles. The Bertz CT molecular complexity index is 329. The maximum atomic E-state index is 12.2. The lowest BCUT2D eigenvalue weighted by atomic mass is 9.85. The first-order valence-electron chi connectivity index (χ1n) is 6.35. The molecule has 3 N–H and O–H groups in total. The highest BCUT2D eigenvalue weighted by atomic mass is 35.5. The molecule has 5 nitrogen and oxygen atoms in total. The van der Waals surface area contributed by atoms with E-state index in [1.54, 1.807) is 11.9 Å². The van der Waals surface area contributed by atoms with Crippen LogP contribution in [0.5, 0.6) is 0 Å². The number of carbonyl (C=O) groups excluding carboxylic acids is 2. The molecular weight excluding hydrogens is 254 g/mol. The van der Waals surface area contributed by atoms with E-state index < -0.39 is 5.41 Å². The van der Waals surface area contributed by atoms with Crippen LogP contribution >= 0.6 is 12.4 Å². The molecule has 0 aromatic carbocycles.